The normalized spacial score (nSPS) is 15.0. The number of cyclic esters (lactones) is 1. The molecule has 0 spiro atoms. The third-order valence-electron chi connectivity index (χ3n) is 7.27. The van der Waals surface area contributed by atoms with Crippen LogP contribution in [0.4, 0.5) is 0 Å². The molecule has 0 fully saturated rings. The Morgan fingerprint density at radius 2 is 1.00 bits per heavy atom. The first kappa shape index (κ1) is 25.2. The summed E-state index contributed by atoms with van der Waals surface area (Å²) in [6.07, 6.45) is 1.65. The van der Waals surface area contributed by atoms with Crippen LogP contribution < -0.4 is 0 Å². The number of aliphatic hydroxyl groups is 1. The third kappa shape index (κ3) is 5.30. The average Bonchev–Trinajstić information content (AvgIpc) is 2.98. The van der Waals surface area contributed by atoms with Crippen LogP contribution in [0.5, 0.6) is 0 Å². The summed E-state index contributed by atoms with van der Waals surface area (Å²) < 4.78 is 6.13. The molecule has 1 aliphatic rings. The van der Waals surface area contributed by atoms with Crippen LogP contribution in [0.3, 0.4) is 0 Å². The maximum absolute atomic E-state index is 14.0. The van der Waals surface area contributed by atoms with Gasteiger partial charge in [0, 0.05) is 5.92 Å². The number of hydrogen-bond acceptors (Lipinski definition) is 4. The molecule has 0 amide bonds. The van der Waals surface area contributed by atoms with Gasteiger partial charge in [0.05, 0.1) is 5.57 Å². The molecule has 190 valence electrons. The van der Waals surface area contributed by atoms with Gasteiger partial charge in [-0.25, -0.2) is 4.79 Å². The van der Waals surface area contributed by atoms with Gasteiger partial charge in [0.1, 0.15) is 0 Å². The molecule has 5 rings (SSSR count). The highest BCUT2D eigenvalue weighted by molar-refractivity contribution is 6.11. The van der Waals surface area contributed by atoms with Crippen LogP contribution in [0.1, 0.15) is 41.0 Å². The van der Waals surface area contributed by atoms with Gasteiger partial charge < -0.3 is 9.84 Å². The van der Waals surface area contributed by atoms with E-state index in [1.165, 1.54) is 0 Å². The molecule has 38 heavy (non-hydrogen) atoms. The SMILES string of the molecule is O=C1OC(CCc2ccccc2)(CCc2ccccc2)C(=O)C(O)=C1C(c1ccccc1)c1ccccc1. The Kier molecular flexibility index (Phi) is 7.50. The smallest absolute Gasteiger partial charge is 0.339 e. The van der Waals surface area contributed by atoms with E-state index in [2.05, 4.69) is 0 Å². The molecule has 0 aromatic heterocycles. The van der Waals surface area contributed by atoms with Gasteiger partial charge >= 0.3 is 5.97 Å². The first-order valence-corrected chi connectivity index (χ1v) is 13.0. The number of carbonyl (C=O) groups is 2. The van der Waals surface area contributed by atoms with Crippen LogP contribution in [0.25, 0.3) is 0 Å². The van der Waals surface area contributed by atoms with Crippen LogP contribution in [-0.2, 0) is 27.2 Å². The maximum atomic E-state index is 14.0. The lowest BCUT2D eigenvalue weighted by Gasteiger charge is -2.37. The van der Waals surface area contributed by atoms with Crippen molar-refractivity contribution in [3.05, 3.63) is 155 Å². The highest BCUT2D eigenvalue weighted by Crippen LogP contribution is 2.41. The number of rotatable bonds is 9. The van der Waals surface area contributed by atoms with E-state index >= 15 is 0 Å². The molecule has 4 aromatic carbocycles. The standard InChI is InChI=1S/C34H30O4/c35-31-30(29(27-17-9-3-10-18-27)28-19-11-4-12-20-28)33(37)38-34(32(31)36,23-21-25-13-5-1-6-14-25)24-22-26-15-7-2-8-16-26/h1-20,29,35H,21-24H2. The van der Waals surface area contributed by atoms with Crippen molar-refractivity contribution in [2.24, 2.45) is 0 Å². The van der Waals surface area contributed by atoms with Gasteiger partial charge in [-0.1, -0.05) is 121 Å². The Morgan fingerprint density at radius 3 is 1.42 bits per heavy atom. The van der Waals surface area contributed by atoms with Gasteiger partial charge in [-0.15, -0.1) is 0 Å². The summed E-state index contributed by atoms with van der Waals surface area (Å²) in [6, 6.07) is 38.5. The Morgan fingerprint density at radius 1 is 0.605 bits per heavy atom. The number of benzene rings is 4. The predicted octanol–water partition coefficient (Wildman–Crippen LogP) is 6.76. The number of ketones is 1. The monoisotopic (exact) mass is 502 g/mol. The van der Waals surface area contributed by atoms with E-state index in [0.717, 1.165) is 22.3 Å². The quantitative estimate of drug-likeness (QED) is 0.257. The highest BCUT2D eigenvalue weighted by atomic mass is 16.6. The molecule has 4 nitrogen and oxygen atoms in total. The lowest BCUT2D eigenvalue weighted by molar-refractivity contribution is -0.169. The summed E-state index contributed by atoms with van der Waals surface area (Å²) in [4.78, 5) is 27.8. The molecular formula is C34H30O4. The fraction of sp³-hybridized carbons (Fsp3) is 0.176. The minimum atomic E-state index is -1.45. The topological polar surface area (TPSA) is 63.6 Å². The van der Waals surface area contributed by atoms with E-state index in [1.54, 1.807) is 0 Å². The molecule has 1 aliphatic heterocycles. The molecular weight excluding hydrogens is 472 g/mol. The summed E-state index contributed by atoms with van der Waals surface area (Å²) in [5.74, 6) is -2.31. The van der Waals surface area contributed by atoms with Crippen molar-refractivity contribution in [3.63, 3.8) is 0 Å². The second-order valence-electron chi connectivity index (χ2n) is 9.70. The molecule has 4 heteroatoms. The Balaban J connectivity index is 1.55. The molecule has 0 saturated carbocycles. The van der Waals surface area contributed by atoms with Gasteiger partial charge in [0.25, 0.3) is 0 Å². The van der Waals surface area contributed by atoms with E-state index < -0.39 is 29.0 Å². The first-order chi connectivity index (χ1) is 18.6. The van der Waals surface area contributed by atoms with Crippen LogP contribution in [0.15, 0.2) is 133 Å². The molecule has 0 bridgehead atoms. The fourth-order valence-electron chi connectivity index (χ4n) is 5.22. The lowest BCUT2D eigenvalue weighted by atomic mass is 9.77. The number of ether oxygens (including phenoxy) is 1. The van der Waals surface area contributed by atoms with Crippen LogP contribution in [0, 0.1) is 0 Å². The van der Waals surface area contributed by atoms with Gasteiger partial charge in [0.2, 0.25) is 5.78 Å². The zero-order chi connectivity index (χ0) is 26.4. The Labute approximate surface area is 223 Å². The van der Waals surface area contributed by atoms with Gasteiger partial charge in [0.15, 0.2) is 11.4 Å². The van der Waals surface area contributed by atoms with Crippen molar-refractivity contribution in [1.29, 1.82) is 0 Å². The maximum Gasteiger partial charge on any atom is 0.339 e. The predicted molar refractivity (Wildman–Crippen MR) is 148 cm³/mol. The molecule has 1 heterocycles. The van der Waals surface area contributed by atoms with E-state index in [0.29, 0.717) is 12.8 Å². The number of Topliss-reactive ketones (excluding diaryl/α,β-unsaturated/α-hetero) is 1. The molecule has 0 radical (unpaired) electrons. The van der Waals surface area contributed by atoms with Crippen LogP contribution in [-0.4, -0.2) is 22.5 Å². The van der Waals surface area contributed by atoms with E-state index in [9.17, 15) is 14.7 Å². The fourth-order valence-corrected chi connectivity index (χ4v) is 5.22. The molecule has 4 aromatic rings. The van der Waals surface area contributed by atoms with Crippen molar-refractivity contribution in [1.82, 2.24) is 0 Å². The summed E-state index contributed by atoms with van der Waals surface area (Å²) in [6.45, 7) is 0. The molecule has 0 atom stereocenters. The molecule has 0 unspecified atom stereocenters. The Hall–Kier alpha value is -4.44. The molecule has 0 aliphatic carbocycles. The zero-order valence-electron chi connectivity index (χ0n) is 21.1. The summed E-state index contributed by atoms with van der Waals surface area (Å²) in [5.41, 5.74) is 2.21. The summed E-state index contributed by atoms with van der Waals surface area (Å²) in [5, 5.41) is 11.5. The number of aryl methyl sites for hydroxylation is 2. The van der Waals surface area contributed by atoms with Crippen molar-refractivity contribution in [2.75, 3.05) is 0 Å². The molecule has 1 N–H and O–H groups in total. The minimum Gasteiger partial charge on any atom is -0.504 e. The van der Waals surface area contributed by atoms with Gasteiger partial charge in [-0.05, 0) is 47.9 Å². The second kappa shape index (κ2) is 11.3. The third-order valence-corrected chi connectivity index (χ3v) is 7.27. The first-order valence-electron chi connectivity index (χ1n) is 13.0. The molecule has 0 saturated heterocycles. The number of hydrogen-bond donors (Lipinski definition) is 1. The van der Waals surface area contributed by atoms with E-state index in [-0.39, 0.29) is 18.4 Å². The van der Waals surface area contributed by atoms with Crippen molar-refractivity contribution in [3.8, 4) is 0 Å². The van der Waals surface area contributed by atoms with Crippen molar-refractivity contribution < 1.29 is 19.4 Å². The number of aliphatic hydroxyl groups excluding tert-OH is 1. The van der Waals surface area contributed by atoms with Gasteiger partial charge in [-0.3, -0.25) is 4.79 Å². The zero-order valence-corrected chi connectivity index (χ0v) is 21.1. The minimum absolute atomic E-state index is 0.0116. The largest absolute Gasteiger partial charge is 0.504 e. The lowest BCUT2D eigenvalue weighted by Crippen LogP contribution is -2.50. The van der Waals surface area contributed by atoms with Gasteiger partial charge in [-0.2, -0.15) is 0 Å². The number of carbonyl (C=O) groups excluding carboxylic acids is 2. The second-order valence-corrected chi connectivity index (χ2v) is 9.70. The van der Waals surface area contributed by atoms with Crippen molar-refractivity contribution >= 4 is 11.8 Å². The van der Waals surface area contributed by atoms with Crippen LogP contribution in [0.2, 0.25) is 0 Å². The average molecular weight is 503 g/mol. The summed E-state index contributed by atoms with van der Waals surface area (Å²) in [7, 11) is 0. The van der Waals surface area contributed by atoms with E-state index in [4.69, 9.17) is 4.74 Å². The van der Waals surface area contributed by atoms with Crippen molar-refractivity contribution in [2.45, 2.75) is 37.2 Å². The number of esters is 1. The van der Waals surface area contributed by atoms with Crippen LogP contribution >= 0.6 is 0 Å². The van der Waals surface area contributed by atoms with E-state index in [1.807, 2.05) is 121 Å². The highest BCUT2D eigenvalue weighted by Gasteiger charge is 2.50. The Bertz CT molecular complexity index is 1330. The summed E-state index contributed by atoms with van der Waals surface area (Å²) >= 11 is 0.